The van der Waals surface area contributed by atoms with Gasteiger partial charge in [0.25, 0.3) is 0 Å². The third kappa shape index (κ3) is 7.15. The number of carbonyl (C=O) groups excluding carboxylic acids is 2. The molecule has 1 aliphatic heterocycles. The minimum atomic E-state index is -1.13. The molecule has 0 radical (unpaired) electrons. The third-order valence-corrected chi connectivity index (χ3v) is 7.86. The lowest BCUT2D eigenvalue weighted by atomic mass is 10.1. The summed E-state index contributed by atoms with van der Waals surface area (Å²) in [7, 11) is 0. The average Bonchev–Trinajstić information content (AvgIpc) is 3.75. The van der Waals surface area contributed by atoms with Gasteiger partial charge in [0.05, 0.1) is 12.4 Å². The number of anilines is 2. The number of nitrogens with zero attached hydrogens (tertiary/aromatic N) is 4. The Kier molecular flexibility index (Phi) is 9.18. The molecular weight excluding hydrogens is 590 g/mol. The largest absolute Gasteiger partial charge is 0.491 e. The molecule has 0 spiro atoms. The molecule has 0 aliphatic carbocycles. The normalized spacial score (nSPS) is 15.0. The number of aromatic amines is 1. The van der Waals surface area contributed by atoms with E-state index in [1.54, 1.807) is 30.6 Å². The van der Waals surface area contributed by atoms with Crippen LogP contribution in [0.2, 0.25) is 0 Å². The summed E-state index contributed by atoms with van der Waals surface area (Å²) in [5, 5.41) is 16.2. The minimum absolute atomic E-state index is 0.0125. The van der Waals surface area contributed by atoms with Crippen LogP contribution >= 0.6 is 0 Å². The van der Waals surface area contributed by atoms with Crippen molar-refractivity contribution >= 4 is 51.4 Å². The molecule has 3 heterocycles. The van der Waals surface area contributed by atoms with E-state index in [4.69, 9.17) is 9.47 Å². The fourth-order valence-electron chi connectivity index (χ4n) is 5.56. The Morgan fingerprint density at radius 3 is 2.76 bits per heavy atom. The van der Waals surface area contributed by atoms with Gasteiger partial charge in [0.1, 0.15) is 36.8 Å². The van der Waals surface area contributed by atoms with Crippen molar-refractivity contribution in [2.75, 3.05) is 23.4 Å². The molecular formula is C33H33N7O6. The van der Waals surface area contributed by atoms with Crippen LogP contribution in [0.25, 0.3) is 21.9 Å². The van der Waals surface area contributed by atoms with Gasteiger partial charge in [0, 0.05) is 24.0 Å². The maximum absolute atomic E-state index is 13.3. The Hall–Kier alpha value is -5.72. The Labute approximate surface area is 264 Å². The first kappa shape index (κ1) is 30.3. The predicted octanol–water partition coefficient (Wildman–Crippen LogP) is 4.65. The van der Waals surface area contributed by atoms with Gasteiger partial charge in [-0.15, -0.1) is 0 Å². The number of hydrogen-bond acceptors (Lipinski definition) is 9. The second-order valence-electron chi connectivity index (χ2n) is 11.0. The molecule has 3 aromatic carbocycles. The Bertz CT molecular complexity index is 1850. The fraction of sp³-hybridized carbons (Fsp3) is 0.273. The Morgan fingerprint density at radius 1 is 1.04 bits per heavy atom. The summed E-state index contributed by atoms with van der Waals surface area (Å²) in [4.78, 5) is 55.4. The lowest BCUT2D eigenvalue weighted by molar-refractivity contribution is -0.137. The number of carbonyl (C=O) groups is 3. The third-order valence-electron chi connectivity index (χ3n) is 7.86. The molecule has 1 fully saturated rings. The van der Waals surface area contributed by atoms with Crippen molar-refractivity contribution in [3.05, 3.63) is 84.9 Å². The molecule has 6 rings (SSSR count). The van der Waals surface area contributed by atoms with Crippen LogP contribution in [-0.2, 0) is 20.9 Å². The number of rotatable bonds is 12. The first-order valence-corrected chi connectivity index (χ1v) is 15.0. The molecule has 2 aromatic heterocycles. The van der Waals surface area contributed by atoms with Gasteiger partial charge < -0.3 is 35.1 Å². The van der Waals surface area contributed by atoms with E-state index in [1.807, 2.05) is 42.5 Å². The topological polar surface area (TPSA) is 172 Å². The van der Waals surface area contributed by atoms with E-state index >= 15 is 0 Å². The van der Waals surface area contributed by atoms with E-state index in [-0.39, 0.29) is 25.5 Å². The van der Waals surface area contributed by atoms with Crippen molar-refractivity contribution in [1.82, 2.24) is 25.3 Å². The van der Waals surface area contributed by atoms with Crippen LogP contribution < -0.4 is 20.3 Å². The van der Waals surface area contributed by atoms with Crippen LogP contribution in [0.15, 0.2) is 79.4 Å². The second-order valence-corrected chi connectivity index (χ2v) is 11.0. The number of aliphatic carboxylic acids is 1. The molecule has 236 valence electrons. The van der Waals surface area contributed by atoms with Crippen molar-refractivity contribution in [2.24, 2.45) is 0 Å². The number of aromatic nitrogens is 4. The van der Waals surface area contributed by atoms with Crippen LogP contribution in [0.4, 0.5) is 16.3 Å². The van der Waals surface area contributed by atoms with E-state index in [9.17, 15) is 19.5 Å². The van der Waals surface area contributed by atoms with Crippen LogP contribution in [0, 0.1) is 0 Å². The first-order chi connectivity index (χ1) is 22.4. The molecule has 13 nitrogen and oxygen atoms in total. The molecule has 2 atom stereocenters. The number of amides is 2. The summed E-state index contributed by atoms with van der Waals surface area (Å²) in [6, 6.07) is 19.2. The zero-order valence-electron chi connectivity index (χ0n) is 24.9. The summed E-state index contributed by atoms with van der Waals surface area (Å²) in [5.74, 6) is -0.196. The van der Waals surface area contributed by atoms with Crippen molar-refractivity contribution in [1.29, 1.82) is 0 Å². The highest BCUT2D eigenvalue weighted by molar-refractivity contribution is 5.99. The highest BCUT2D eigenvalue weighted by Gasteiger charge is 2.29. The number of carboxylic acids is 1. The number of benzene rings is 3. The maximum Gasteiger partial charge on any atom is 0.408 e. The van der Waals surface area contributed by atoms with E-state index in [1.165, 1.54) is 6.33 Å². The van der Waals surface area contributed by atoms with Gasteiger partial charge in [-0.2, -0.15) is 0 Å². The van der Waals surface area contributed by atoms with Crippen molar-refractivity contribution in [2.45, 2.75) is 44.4 Å². The summed E-state index contributed by atoms with van der Waals surface area (Å²) in [6.07, 6.45) is 3.81. The predicted molar refractivity (Wildman–Crippen MR) is 171 cm³/mol. The molecule has 4 N–H and O–H groups in total. The SMILES string of the molecule is O=C(O)CCC(NC(=O)OCc1ccccc1)C(=O)Nc1ccc2cccc(OCC3CCCN3c3ncnc4nc[nH]c34)c2c1. The molecule has 2 unspecified atom stereocenters. The lowest BCUT2D eigenvalue weighted by Crippen LogP contribution is -2.44. The quantitative estimate of drug-likeness (QED) is 0.153. The van der Waals surface area contributed by atoms with E-state index < -0.39 is 24.0 Å². The minimum Gasteiger partial charge on any atom is -0.491 e. The molecule has 0 bridgehead atoms. The molecule has 1 aliphatic rings. The van der Waals surface area contributed by atoms with Gasteiger partial charge in [-0.25, -0.2) is 19.7 Å². The summed E-state index contributed by atoms with van der Waals surface area (Å²) >= 11 is 0. The average molecular weight is 624 g/mol. The number of carboxylic acid groups (broad SMARTS) is 1. The fourth-order valence-corrected chi connectivity index (χ4v) is 5.56. The number of H-pyrrole nitrogens is 1. The van der Waals surface area contributed by atoms with E-state index in [0.29, 0.717) is 23.7 Å². The van der Waals surface area contributed by atoms with E-state index in [2.05, 4.69) is 35.5 Å². The summed E-state index contributed by atoms with van der Waals surface area (Å²) in [5.41, 5.74) is 2.66. The van der Waals surface area contributed by atoms with Crippen molar-refractivity contribution < 1.29 is 29.0 Å². The molecule has 5 aromatic rings. The summed E-state index contributed by atoms with van der Waals surface area (Å²) in [6.45, 7) is 1.27. The standard InChI is InChI=1S/C33H33N7O6/c41-28(42)14-13-26(39-33(44)46-17-21-6-2-1-3-7-21)32(43)38-23-12-11-22-8-4-10-27(25(22)16-23)45-18-24-9-5-15-40(24)31-29-30(35-19-34-29)36-20-37-31/h1-4,6-8,10-12,16,19-20,24,26H,5,9,13-15,17-18H2,(H,38,43)(H,39,44)(H,41,42)(H,34,35,36,37). The molecule has 2 amide bonds. The van der Waals surface area contributed by atoms with Crippen molar-refractivity contribution in [3.63, 3.8) is 0 Å². The highest BCUT2D eigenvalue weighted by Crippen LogP contribution is 2.31. The van der Waals surface area contributed by atoms with Gasteiger partial charge >= 0.3 is 12.1 Å². The maximum atomic E-state index is 13.3. The Balaban J connectivity index is 1.13. The number of nitrogens with one attached hydrogen (secondary N) is 3. The van der Waals surface area contributed by atoms with Gasteiger partial charge in [-0.3, -0.25) is 9.59 Å². The van der Waals surface area contributed by atoms with Crippen LogP contribution in [-0.4, -0.2) is 68.2 Å². The number of fused-ring (bicyclic) bond motifs is 2. The van der Waals surface area contributed by atoms with Gasteiger partial charge in [0.2, 0.25) is 5.91 Å². The zero-order chi connectivity index (χ0) is 31.9. The number of hydrogen-bond donors (Lipinski definition) is 4. The lowest BCUT2D eigenvalue weighted by Gasteiger charge is -2.26. The molecule has 1 saturated heterocycles. The van der Waals surface area contributed by atoms with Gasteiger partial charge in [0.15, 0.2) is 11.5 Å². The molecule has 0 saturated carbocycles. The first-order valence-electron chi connectivity index (χ1n) is 15.0. The number of alkyl carbamates (subject to hydrolysis) is 1. The number of ether oxygens (including phenoxy) is 2. The Morgan fingerprint density at radius 2 is 1.91 bits per heavy atom. The van der Waals surface area contributed by atoms with E-state index in [0.717, 1.165) is 47.1 Å². The van der Waals surface area contributed by atoms with Crippen LogP contribution in [0.5, 0.6) is 5.75 Å². The zero-order valence-corrected chi connectivity index (χ0v) is 24.9. The smallest absolute Gasteiger partial charge is 0.408 e. The van der Waals surface area contributed by atoms with Crippen LogP contribution in [0.3, 0.4) is 0 Å². The van der Waals surface area contributed by atoms with Gasteiger partial charge in [-0.05, 0) is 48.4 Å². The monoisotopic (exact) mass is 623 g/mol. The number of imidazole rings is 1. The highest BCUT2D eigenvalue weighted by atomic mass is 16.5. The van der Waals surface area contributed by atoms with Crippen LogP contribution in [0.1, 0.15) is 31.2 Å². The molecule has 13 heteroatoms. The summed E-state index contributed by atoms with van der Waals surface area (Å²) < 4.78 is 11.6. The second kappa shape index (κ2) is 13.9. The van der Waals surface area contributed by atoms with Gasteiger partial charge in [-0.1, -0.05) is 48.5 Å². The van der Waals surface area contributed by atoms with Crippen molar-refractivity contribution in [3.8, 4) is 5.75 Å². The molecule has 46 heavy (non-hydrogen) atoms.